The minimum atomic E-state index is -0.577. The highest BCUT2D eigenvalue weighted by molar-refractivity contribution is 6.41. The highest BCUT2D eigenvalue weighted by Gasteiger charge is 2.17. The largest absolute Gasteiger partial charge is 0.321 e. The van der Waals surface area contributed by atoms with Gasteiger partial charge in [-0.05, 0) is 42.5 Å². The van der Waals surface area contributed by atoms with Crippen LogP contribution in [0.2, 0.25) is 15.1 Å². The number of benzene rings is 3. The molecule has 0 aliphatic heterocycles. The fourth-order valence-electron chi connectivity index (χ4n) is 3.10. The number of hydrogen-bond donors (Lipinski definition) is 1. The van der Waals surface area contributed by atoms with E-state index < -0.39 is 11.5 Å². The van der Waals surface area contributed by atoms with Crippen LogP contribution in [-0.2, 0) is 0 Å². The summed E-state index contributed by atoms with van der Waals surface area (Å²) >= 11 is 17.8. The molecule has 4 rings (SSSR count). The van der Waals surface area contributed by atoms with Crippen LogP contribution in [0.4, 0.5) is 5.69 Å². The summed E-state index contributed by atoms with van der Waals surface area (Å²) in [6.07, 6.45) is 1.26. The molecule has 0 saturated heterocycles. The van der Waals surface area contributed by atoms with E-state index in [9.17, 15) is 14.4 Å². The standard InChI is InChI=1S/C24H14Cl3N3O3/c25-16-8-11-20(18(12-16)22(31)14-4-2-1-3-5-14)29-23(32)15-6-9-17(10-7-15)30-24(33)21(27)19(26)13-28-30/h1-13H,(H,29,32). The lowest BCUT2D eigenvalue weighted by atomic mass is 10.0. The topological polar surface area (TPSA) is 81.1 Å². The van der Waals surface area contributed by atoms with E-state index in [1.165, 1.54) is 24.4 Å². The first kappa shape index (κ1) is 22.7. The van der Waals surface area contributed by atoms with Crippen molar-refractivity contribution in [2.45, 2.75) is 0 Å². The molecule has 4 aromatic rings. The maximum atomic E-state index is 13.0. The molecule has 1 heterocycles. The zero-order valence-electron chi connectivity index (χ0n) is 16.8. The van der Waals surface area contributed by atoms with E-state index in [1.807, 2.05) is 6.07 Å². The van der Waals surface area contributed by atoms with Crippen molar-refractivity contribution in [3.05, 3.63) is 121 Å². The molecule has 164 valence electrons. The fourth-order valence-corrected chi connectivity index (χ4v) is 3.53. The molecular formula is C24H14Cl3N3O3. The first-order valence-corrected chi connectivity index (χ1v) is 10.7. The number of carbonyl (C=O) groups is 2. The SMILES string of the molecule is O=C(Nc1ccc(Cl)cc1C(=O)c1ccccc1)c1ccc(-n2ncc(Cl)c(Cl)c2=O)cc1. The molecule has 6 nitrogen and oxygen atoms in total. The van der Waals surface area contributed by atoms with E-state index in [0.717, 1.165) is 4.68 Å². The molecule has 0 unspecified atom stereocenters. The second kappa shape index (κ2) is 9.58. The predicted molar refractivity (Wildman–Crippen MR) is 129 cm³/mol. The molecule has 0 atom stereocenters. The van der Waals surface area contributed by atoms with Crippen LogP contribution in [0, 0.1) is 0 Å². The quantitative estimate of drug-likeness (QED) is 0.359. The number of nitrogens with one attached hydrogen (secondary N) is 1. The third-order valence-electron chi connectivity index (χ3n) is 4.76. The lowest BCUT2D eigenvalue weighted by Crippen LogP contribution is -2.21. The van der Waals surface area contributed by atoms with Crippen LogP contribution in [-0.4, -0.2) is 21.5 Å². The first-order valence-electron chi connectivity index (χ1n) is 9.59. The molecule has 1 aromatic heterocycles. The van der Waals surface area contributed by atoms with Crippen molar-refractivity contribution in [1.29, 1.82) is 0 Å². The van der Waals surface area contributed by atoms with Gasteiger partial charge in [-0.2, -0.15) is 9.78 Å². The number of carbonyl (C=O) groups excluding carboxylic acids is 2. The van der Waals surface area contributed by atoms with E-state index in [2.05, 4.69) is 10.4 Å². The normalized spacial score (nSPS) is 10.6. The van der Waals surface area contributed by atoms with Crippen molar-refractivity contribution in [2.24, 2.45) is 0 Å². The predicted octanol–water partition coefficient (Wildman–Crippen LogP) is 5.68. The van der Waals surface area contributed by atoms with E-state index in [4.69, 9.17) is 34.8 Å². The van der Waals surface area contributed by atoms with Gasteiger partial charge in [-0.1, -0.05) is 65.1 Å². The van der Waals surface area contributed by atoms with Gasteiger partial charge in [0.25, 0.3) is 11.5 Å². The maximum absolute atomic E-state index is 13.0. The Morgan fingerprint density at radius 2 is 1.55 bits per heavy atom. The minimum Gasteiger partial charge on any atom is -0.321 e. The Bertz CT molecular complexity index is 1420. The average Bonchev–Trinajstić information content (AvgIpc) is 2.84. The molecule has 0 aliphatic rings. The van der Waals surface area contributed by atoms with Crippen LogP contribution < -0.4 is 10.9 Å². The third kappa shape index (κ3) is 4.83. The Morgan fingerprint density at radius 1 is 0.848 bits per heavy atom. The van der Waals surface area contributed by atoms with Crippen LogP contribution in [0.25, 0.3) is 5.69 Å². The summed E-state index contributed by atoms with van der Waals surface area (Å²) in [5.74, 6) is -0.714. The van der Waals surface area contributed by atoms with Crippen LogP contribution in [0.1, 0.15) is 26.3 Å². The molecule has 1 amide bonds. The van der Waals surface area contributed by atoms with Crippen LogP contribution >= 0.6 is 34.8 Å². The molecule has 0 saturated carbocycles. The molecule has 3 aromatic carbocycles. The molecule has 1 N–H and O–H groups in total. The lowest BCUT2D eigenvalue weighted by Gasteiger charge is -2.12. The van der Waals surface area contributed by atoms with Crippen LogP contribution in [0.5, 0.6) is 0 Å². The van der Waals surface area contributed by atoms with Gasteiger partial charge in [0, 0.05) is 21.7 Å². The average molecular weight is 499 g/mol. The monoisotopic (exact) mass is 497 g/mol. The first-order chi connectivity index (χ1) is 15.8. The molecule has 0 fully saturated rings. The number of hydrogen-bond acceptors (Lipinski definition) is 4. The van der Waals surface area contributed by atoms with Gasteiger partial charge in [0.1, 0.15) is 5.02 Å². The second-order valence-electron chi connectivity index (χ2n) is 6.91. The van der Waals surface area contributed by atoms with Gasteiger partial charge in [-0.25, -0.2) is 0 Å². The maximum Gasteiger partial charge on any atom is 0.291 e. The van der Waals surface area contributed by atoms with Gasteiger partial charge in [-0.15, -0.1) is 0 Å². The minimum absolute atomic E-state index is 0.0535. The van der Waals surface area contributed by atoms with Crippen molar-refractivity contribution in [3.8, 4) is 5.69 Å². The number of aromatic nitrogens is 2. The summed E-state index contributed by atoms with van der Waals surface area (Å²) < 4.78 is 1.08. The van der Waals surface area contributed by atoms with Crippen molar-refractivity contribution in [3.63, 3.8) is 0 Å². The Labute approximate surface area is 203 Å². The molecule has 33 heavy (non-hydrogen) atoms. The summed E-state index contributed by atoms with van der Waals surface area (Å²) in [6.45, 7) is 0. The number of amides is 1. The van der Waals surface area contributed by atoms with Gasteiger partial charge < -0.3 is 5.32 Å². The Kier molecular flexibility index (Phi) is 6.60. The van der Waals surface area contributed by atoms with Gasteiger partial charge in [-0.3, -0.25) is 14.4 Å². The molecule has 0 bridgehead atoms. The van der Waals surface area contributed by atoms with Gasteiger partial charge in [0.05, 0.1) is 22.6 Å². The summed E-state index contributed by atoms with van der Waals surface area (Å²) in [4.78, 5) is 38.1. The Morgan fingerprint density at radius 3 is 2.24 bits per heavy atom. The van der Waals surface area contributed by atoms with E-state index in [1.54, 1.807) is 48.5 Å². The number of anilines is 1. The second-order valence-corrected chi connectivity index (χ2v) is 8.13. The summed E-state index contributed by atoms with van der Waals surface area (Å²) in [6, 6.07) is 19.5. The highest BCUT2D eigenvalue weighted by atomic mass is 35.5. The molecule has 0 radical (unpaired) electrons. The van der Waals surface area contributed by atoms with E-state index >= 15 is 0 Å². The fraction of sp³-hybridized carbons (Fsp3) is 0. The summed E-state index contributed by atoms with van der Waals surface area (Å²) in [5, 5.41) is 6.99. The molecule has 0 aliphatic carbocycles. The number of halogens is 3. The smallest absolute Gasteiger partial charge is 0.291 e. The van der Waals surface area contributed by atoms with Crippen molar-refractivity contribution in [2.75, 3.05) is 5.32 Å². The van der Waals surface area contributed by atoms with Crippen molar-refractivity contribution < 1.29 is 9.59 Å². The van der Waals surface area contributed by atoms with Crippen molar-refractivity contribution in [1.82, 2.24) is 9.78 Å². The van der Waals surface area contributed by atoms with E-state index in [0.29, 0.717) is 27.5 Å². The zero-order valence-corrected chi connectivity index (χ0v) is 19.0. The van der Waals surface area contributed by atoms with Crippen LogP contribution in [0.15, 0.2) is 83.8 Å². The molecule has 0 spiro atoms. The number of ketones is 1. The van der Waals surface area contributed by atoms with Crippen LogP contribution in [0.3, 0.4) is 0 Å². The highest BCUT2D eigenvalue weighted by Crippen LogP contribution is 2.24. The van der Waals surface area contributed by atoms with Crippen molar-refractivity contribution >= 4 is 52.2 Å². The molecular weight excluding hydrogens is 485 g/mol. The summed E-state index contributed by atoms with van der Waals surface area (Å²) in [7, 11) is 0. The molecule has 9 heteroatoms. The number of rotatable bonds is 5. The Balaban J connectivity index is 1.60. The van der Waals surface area contributed by atoms with Gasteiger partial charge in [0.2, 0.25) is 0 Å². The zero-order chi connectivity index (χ0) is 23.5. The number of nitrogens with zero attached hydrogens (tertiary/aromatic N) is 2. The summed E-state index contributed by atoms with van der Waals surface area (Å²) in [5.41, 5.74) is 1.20. The third-order valence-corrected chi connectivity index (χ3v) is 5.74. The van der Waals surface area contributed by atoms with Gasteiger partial charge in [0.15, 0.2) is 5.78 Å². The Hall–Kier alpha value is -3.45. The van der Waals surface area contributed by atoms with E-state index in [-0.39, 0.29) is 21.4 Å². The lowest BCUT2D eigenvalue weighted by molar-refractivity contribution is 0.102. The van der Waals surface area contributed by atoms with Gasteiger partial charge >= 0.3 is 0 Å².